The number of rotatable bonds is 9. The fourth-order valence-corrected chi connectivity index (χ4v) is 2.78. The van der Waals surface area contributed by atoms with Gasteiger partial charge < -0.3 is 18.9 Å². The van der Waals surface area contributed by atoms with Crippen molar-refractivity contribution in [2.45, 2.75) is 19.8 Å². The number of hydrogen-bond acceptors (Lipinski definition) is 7. The Bertz CT molecular complexity index is 887. The first-order valence-corrected chi connectivity index (χ1v) is 9.41. The number of esters is 1. The molecule has 0 saturated heterocycles. The van der Waals surface area contributed by atoms with Crippen molar-refractivity contribution >= 4 is 17.5 Å². The number of carbonyl (C=O) groups excluding carboxylic acids is 3. The van der Waals surface area contributed by atoms with E-state index in [2.05, 4.69) is 0 Å². The average molecular weight is 398 g/mol. The molecule has 3 rings (SSSR count). The lowest BCUT2D eigenvalue weighted by Gasteiger charge is -2.18. The second kappa shape index (κ2) is 9.73. The van der Waals surface area contributed by atoms with Gasteiger partial charge in [0.2, 0.25) is 0 Å². The molecule has 0 saturated carbocycles. The fraction of sp³-hybridized carbons (Fsp3) is 0.318. The number of carbonyl (C=O) groups is 3. The van der Waals surface area contributed by atoms with Gasteiger partial charge >= 0.3 is 5.97 Å². The van der Waals surface area contributed by atoms with Crippen molar-refractivity contribution < 1.29 is 33.3 Å². The lowest BCUT2D eigenvalue weighted by molar-refractivity contribution is -0.142. The summed E-state index contributed by atoms with van der Waals surface area (Å²) in [7, 11) is 0. The second-order valence-electron chi connectivity index (χ2n) is 6.32. The maximum Gasteiger partial charge on any atom is 0.306 e. The van der Waals surface area contributed by atoms with E-state index in [9.17, 15) is 14.4 Å². The van der Waals surface area contributed by atoms with Gasteiger partial charge in [0.1, 0.15) is 19.0 Å². The molecule has 0 amide bonds. The lowest BCUT2D eigenvalue weighted by Crippen LogP contribution is -2.16. The molecule has 0 aliphatic carbocycles. The third-order valence-corrected chi connectivity index (χ3v) is 4.27. The third kappa shape index (κ3) is 5.57. The predicted molar refractivity (Wildman–Crippen MR) is 104 cm³/mol. The van der Waals surface area contributed by atoms with Crippen molar-refractivity contribution in [2.75, 3.05) is 26.4 Å². The van der Waals surface area contributed by atoms with Gasteiger partial charge in [-0.05, 0) is 49.4 Å². The highest BCUT2D eigenvalue weighted by atomic mass is 16.6. The Kier molecular flexibility index (Phi) is 6.84. The van der Waals surface area contributed by atoms with E-state index >= 15 is 0 Å². The van der Waals surface area contributed by atoms with Gasteiger partial charge in [0.05, 0.1) is 13.0 Å². The minimum atomic E-state index is -0.602. The van der Waals surface area contributed by atoms with Gasteiger partial charge in [-0.3, -0.25) is 14.4 Å². The van der Waals surface area contributed by atoms with Gasteiger partial charge in [-0.15, -0.1) is 0 Å². The highest BCUT2D eigenvalue weighted by Gasteiger charge is 2.17. The maximum absolute atomic E-state index is 12.3. The van der Waals surface area contributed by atoms with Crippen molar-refractivity contribution in [3.05, 3.63) is 53.6 Å². The number of hydrogen-bond donors (Lipinski definition) is 0. The van der Waals surface area contributed by atoms with Crippen LogP contribution in [0.15, 0.2) is 42.5 Å². The molecular weight excluding hydrogens is 376 g/mol. The zero-order valence-corrected chi connectivity index (χ0v) is 16.1. The molecule has 0 atom stereocenters. The first kappa shape index (κ1) is 20.4. The summed E-state index contributed by atoms with van der Waals surface area (Å²) in [5.41, 5.74) is 0.862. The quantitative estimate of drug-likeness (QED) is 0.473. The first-order valence-electron chi connectivity index (χ1n) is 9.41. The van der Waals surface area contributed by atoms with Crippen LogP contribution in [-0.2, 0) is 9.53 Å². The van der Waals surface area contributed by atoms with Crippen molar-refractivity contribution in [3.63, 3.8) is 0 Å². The summed E-state index contributed by atoms with van der Waals surface area (Å²) < 4.78 is 21.2. The molecule has 1 aliphatic rings. The molecule has 1 aliphatic heterocycles. The number of Topliss-reactive ketones (excluding diaryl/α,β-unsaturated/α-hetero) is 2. The van der Waals surface area contributed by atoms with E-state index in [1.807, 2.05) is 6.92 Å². The molecular formula is C22H22O7. The van der Waals surface area contributed by atoms with Crippen LogP contribution in [0.3, 0.4) is 0 Å². The molecule has 7 heteroatoms. The van der Waals surface area contributed by atoms with Crippen molar-refractivity contribution in [3.8, 4) is 17.2 Å². The maximum atomic E-state index is 12.3. The van der Waals surface area contributed by atoms with Crippen LogP contribution >= 0.6 is 0 Å². The van der Waals surface area contributed by atoms with Crippen molar-refractivity contribution in [1.82, 2.24) is 0 Å². The Morgan fingerprint density at radius 1 is 0.862 bits per heavy atom. The monoisotopic (exact) mass is 398 g/mol. The predicted octanol–water partition coefficient (Wildman–Crippen LogP) is 3.25. The molecule has 0 N–H and O–H groups in total. The Morgan fingerprint density at radius 3 is 2.28 bits per heavy atom. The summed E-state index contributed by atoms with van der Waals surface area (Å²) in [5, 5.41) is 0. The van der Waals surface area contributed by atoms with E-state index in [0.717, 1.165) is 0 Å². The minimum absolute atomic E-state index is 0.0181. The van der Waals surface area contributed by atoms with E-state index in [1.54, 1.807) is 42.5 Å². The van der Waals surface area contributed by atoms with Gasteiger partial charge in [-0.1, -0.05) is 0 Å². The number of benzene rings is 2. The van der Waals surface area contributed by atoms with Crippen molar-refractivity contribution in [2.24, 2.45) is 0 Å². The molecule has 2 aromatic carbocycles. The minimum Gasteiger partial charge on any atom is -0.494 e. The van der Waals surface area contributed by atoms with Crippen LogP contribution in [0.2, 0.25) is 0 Å². The van der Waals surface area contributed by atoms with Crippen LogP contribution in [0.25, 0.3) is 0 Å². The van der Waals surface area contributed by atoms with Gasteiger partial charge in [-0.2, -0.15) is 0 Å². The Hall–Kier alpha value is -3.35. The van der Waals surface area contributed by atoms with Gasteiger partial charge in [0, 0.05) is 17.5 Å². The van der Waals surface area contributed by atoms with Gasteiger partial charge in [0.25, 0.3) is 0 Å². The SMILES string of the molecule is CCOc1ccc(C(=O)COC(=O)CCC(=O)c2ccc3c(c2)OCCO3)cc1. The number of ether oxygens (including phenoxy) is 4. The summed E-state index contributed by atoms with van der Waals surface area (Å²) in [6.45, 7) is 2.94. The van der Waals surface area contributed by atoms with Crippen LogP contribution in [0.4, 0.5) is 0 Å². The molecule has 0 aromatic heterocycles. The molecule has 1 heterocycles. The van der Waals surface area contributed by atoms with Crippen LogP contribution < -0.4 is 14.2 Å². The third-order valence-electron chi connectivity index (χ3n) is 4.27. The van der Waals surface area contributed by atoms with Crippen LogP contribution in [-0.4, -0.2) is 44.0 Å². The Labute approximate surface area is 168 Å². The fourth-order valence-electron chi connectivity index (χ4n) is 2.78. The van der Waals surface area contributed by atoms with E-state index in [-0.39, 0.29) is 31.0 Å². The molecule has 0 radical (unpaired) electrons. The van der Waals surface area contributed by atoms with Gasteiger partial charge in [-0.25, -0.2) is 0 Å². The topological polar surface area (TPSA) is 88.1 Å². The first-order chi connectivity index (χ1) is 14.1. The lowest BCUT2D eigenvalue weighted by atomic mass is 10.1. The Morgan fingerprint density at radius 2 is 1.55 bits per heavy atom. The normalized spacial score (nSPS) is 12.2. The Balaban J connectivity index is 1.44. The molecule has 29 heavy (non-hydrogen) atoms. The smallest absolute Gasteiger partial charge is 0.306 e. The number of fused-ring (bicyclic) bond motifs is 1. The molecule has 0 unspecified atom stereocenters. The summed E-state index contributed by atoms with van der Waals surface area (Å²) in [6.07, 6.45) is -0.125. The van der Waals surface area contributed by atoms with E-state index in [4.69, 9.17) is 18.9 Å². The summed E-state index contributed by atoms with van der Waals surface area (Å²) >= 11 is 0. The van der Waals surface area contributed by atoms with Crippen LogP contribution in [0.1, 0.15) is 40.5 Å². The molecule has 0 spiro atoms. The molecule has 2 aromatic rings. The number of ketones is 2. The second-order valence-corrected chi connectivity index (χ2v) is 6.32. The van der Waals surface area contributed by atoms with Crippen LogP contribution in [0, 0.1) is 0 Å². The molecule has 152 valence electrons. The zero-order valence-electron chi connectivity index (χ0n) is 16.1. The largest absolute Gasteiger partial charge is 0.494 e. The standard InChI is InChI=1S/C22H22O7/c1-2-26-17-6-3-15(4-7-17)19(24)14-29-22(25)10-8-18(23)16-5-9-20-21(13-16)28-12-11-27-20/h3-7,9,13H,2,8,10-12,14H2,1H3. The highest BCUT2D eigenvalue weighted by Crippen LogP contribution is 2.31. The molecule has 0 bridgehead atoms. The van der Waals surface area contributed by atoms with E-state index in [1.165, 1.54) is 0 Å². The molecule has 7 nitrogen and oxygen atoms in total. The van der Waals surface area contributed by atoms with E-state index in [0.29, 0.717) is 48.2 Å². The van der Waals surface area contributed by atoms with Crippen LogP contribution in [0.5, 0.6) is 17.2 Å². The highest BCUT2D eigenvalue weighted by molar-refractivity contribution is 5.99. The summed E-state index contributed by atoms with van der Waals surface area (Å²) in [5.74, 6) is 0.649. The summed E-state index contributed by atoms with van der Waals surface area (Å²) in [6, 6.07) is 11.5. The zero-order chi connectivity index (χ0) is 20.6. The van der Waals surface area contributed by atoms with Crippen molar-refractivity contribution in [1.29, 1.82) is 0 Å². The van der Waals surface area contributed by atoms with Gasteiger partial charge in [0.15, 0.2) is 29.7 Å². The average Bonchev–Trinajstić information content (AvgIpc) is 2.76. The summed E-state index contributed by atoms with van der Waals surface area (Å²) in [4.78, 5) is 36.3. The molecule has 0 fully saturated rings. The van der Waals surface area contributed by atoms with E-state index < -0.39 is 5.97 Å².